The van der Waals surface area contributed by atoms with E-state index in [-0.39, 0.29) is 11.5 Å². The first-order valence-corrected chi connectivity index (χ1v) is 6.87. The lowest BCUT2D eigenvalue weighted by Gasteiger charge is -2.14. The van der Waals surface area contributed by atoms with E-state index >= 15 is 0 Å². The highest BCUT2D eigenvalue weighted by Crippen LogP contribution is 2.22. The van der Waals surface area contributed by atoms with Gasteiger partial charge in [0.2, 0.25) is 0 Å². The first-order valence-electron chi connectivity index (χ1n) is 6.87. The molecule has 0 amide bonds. The predicted octanol–water partition coefficient (Wildman–Crippen LogP) is 3.55. The van der Waals surface area contributed by atoms with Crippen molar-refractivity contribution in [3.8, 4) is 11.5 Å². The molecule has 0 heterocycles. The van der Waals surface area contributed by atoms with Crippen LogP contribution in [0.25, 0.3) is 0 Å². The Morgan fingerprint density at radius 1 is 1.17 bits per heavy atom. The molecule has 0 aliphatic heterocycles. The van der Waals surface area contributed by atoms with Gasteiger partial charge >= 0.3 is 0 Å². The third-order valence-corrected chi connectivity index (χ3v) is 3.20. The van der Waals surface area contributed by atoms with Crippen molar-refractivity contribution in [3.05, 3.63) is 23.8 Å². The number of unbranched alkanes of at least 4 members (excludes halogenated alkanes) is 3. The summed E-state index contributed by atoms with van der Waals surface area (Å²) in [5, 5.41) is 22.2. The molecule has 3 heteroatoms. The van der Waals surface area contributed by atoms with E-state index in [1.165, 1.54) is 38.2 Å². The minimum absolute atomic E-state index is 0.101. The van der Waals surface area contributed by atoms with Gasteiger partial charge in [0.1, 0.15) is 11.5 Å². The zero-order valence-electron chi connectivity index (χ0n) is 11.4. The molecule has 0 aliphatic carbocycles. The zero-order chi connectivity index (χ0) is 13.4. The van der Waals surface area contributed by atoms with Crippen molar-refractivity contribution >= 4 is 0 Å². The van der Waals surface area contributed by atoms with Crippen molar-refractivity contribution in [2.24, 2.45) is 0 Å². The lowest BCUT2D eigenvalue weighted by molar-refractivity contribution is 0.436. The van der Waals surface area contributed by atoms with Crippen LogP contribution in [-0.2, 0) is 6.54 Å². The topological polar surface area (TPSA) is 52.5 Å². The standard InChI is InChI=1S/C15H25NO2/c1-3-4-5-6-7-12(2)16-11-13-8-9-14(17)10-15(13)18/h8-10,12,16-18H,3-7,11H2,1-2H3. The Morgan fingerprint density at radius 2 is 1.94 bits per heavy atom. The summed E-state index contributed by atoms with van der Waals surface area (Å²) in [4.78, 5) is 0. The number of phenolic OH excluding ortho intramolecular Hbond substituents is 2. The first-order chi connectivity index (χ1) is 8.63. The quantitative estimate of drug-likeness (QED) is 0.619. The van der Waals surface area contributed by atoms with E-state index in [4.69, 9.17) is 0 Å². The van der Waals surface area contributed by atoms with Crippen molar-refractivity contribution in [2.45, 2.75) is 58.5 Å². The smallest absolute Gasteiger partial charge is 0.123 e. The third kappa shape index (κ3) is 5.41. The Kier molecular flexibility index (Phi) is 6.58. The fraction of sp³-hybridized carbons (Fsp3) is 0.600. The second kappa shape index (κ2) is 7.98. The molecule has 0 radical (unpaired) electrons. The molecular weight excluding hydrogens is 226 g/mol. The van der Waals surface area contributed by atoms with Crippen molar-refractivity contribution < 1.29 is 10.2 Å². The fourth-order valence-electron chi connectivity index (χ4n) is 1.97. The molecule has 0 spiro atoms. The van der Waals surface area contributed by atoms with Gasteiger partial charge < -0.3 is 15.5 Å². The molecule has 3 nitrogen and oxygen atoms in total. The average molecular weight is 251 g/mol. The summed E-state index contributed by atoms with van der Waals surface area (Å²) in [5.74, 6) is 0.254. The second-order valence-corrected chi connectivity index (χ2v) is 4.94. The van der Waals surface area contributed by atoms with Gasteiger partial charge in [0.15, 0.2) is 0 Å². The van der Waals surface area contributed by atoms with E-state index in [1.807, 2.05) is 0 Å². The fourth-order valence-corrected chi connectivity index (χ4v) is 1.97. The summed E-state index contributed by atoms with van der Waals surface area (Å²) in [6.45, 7) is 5.03. The van der Waals surface area contributed by atoms with Crippen LogP contribution in [0.3, 0.4) is 0 Å². The maximum absolute atomic E-state index is 9.65. The van der Waals surface area contributed by atoms with Gasteiger partial charge in [0, 0.05) is 24.2 Å². The molecule has 0 saturated carbocycles. The Bertz CT molecular complexity index is 352. The lowest BCUT2D eigenvalue weighted by atomic mass is 10.1. The number of aromatic hydroxyl groups is 2. The van der Waals surface area contributed by atoms with Crippen LogP contribution in [0, 0.1) is 0 Å². The van der Waals surface area contributed by atoms with E-state index in [0.717, 1.165) is 5.56 Å². The predicted molar refractivity (Wildman–Crippen MR) is 74.8 cm³/mol. The Hall–Kier alpha value is -1.22. The molecule has 1 atom stereocenters. The molecule has 0 aromatic heterocycles. The van der Waals surface area contributed by atoms with Gasteiger partial charge in [-0.15, -0.1) is 0 Å². The molecule has 1 unspecified atom stereocenters. The number of nitrogens with one attached hydrogen (secondary N) is 1. The Labute approximate surface area is 110 Å². The highest BCUT2D eigenvalue weighted by molar-refractivity contribution is 5.38. The molecule has 0 fully saturated rings. The van der Waals surface area contributed by atoms with Crippen molar-refractivity contribution in [2.75, 3.05) is 0 Å². The Morgan fingerprint density at radius 3 is 2.61 bits per heavy atom. The van der Waals surface area contributed by atoms with Gasteiger partial charge in [-0.25, -0.2) is 0 Å². The van der Waals surface area contributed by atoms with Crippen LogP contribution in [0.5, 0.6) is 11.5 Å². The molecule has 102 valence electrons. The number of phenols is 2. The molecule has 0 saturated heterocycles. The molecule has 1 rings (SSSR count). The van der Waals surface area contributed by atoms with E-state index in [0.29, 0.717) is 12.6 Å². The van der Waals surface area contributed by atoms with Crippen LogP contribution in [0.15, 0.2) is 18.2 Å². The van der Waals surface area contributed by atoms with Gasteiger partial charge in [0.25, 0.3) is 0 Å². The van der Waals surface area contributed by atoms with Crippen LogP contribution in [0.2, 0.25) is 0 Å². The van der Waals surface area contributed by atoms with Crippen LogP contribution < -0.4 is 5.32 Å². The summed E-state index contributed by atoms with van der Waals surface area (Å²) < 4.78 is 0. The van der Waals surface area contributed by atoms with Gasteiger partial charge in [-0.3, -0.25) is 0 Å². The van der Waals surface area contributed by atoms with E-state index in [1.54, 1.807) is 12.1 Å². The monoisotopic (exact) mass is 251 g/mol. The first kappa shape index (κ1) is 14.8. The minimum Gasteiger partial charge on any atom is -0.508 e. The number of hydrogen-bond acceptors (Lipinski definition) is 3. The summed E-state index contributed by atoms with van der Waals surface area (Å²) in [5.41, 5.74) is 0.827. The van der Waals surface area contributed by atoms with Gasteiger partial charge in [-0.1, -0.05) is 38.7 Å². The minimum atomic E-state index is 0.101. The lowest BCUT2D eigenvalue weighted by Crippen LogP contribution is -2.25. The van der Waals surface area contributed by atoms with Crippen LogP contribution in [0.1, 0.15) is 51.5 Å². The average Bonchev–Trinajstić information content (AvgIpc) is 2.33. The SMILES string of the molecule is CCCCCCC(C)NCc1ccc(O)cc1O. The number of benzene rings is 1. The number of rotatable bonds is 8. The highest BCUT2D eigenvalue weighted by Gasteiger charge is 2.05. The summed E-state index contributed by atoms with van der Waals surface area (Å²) in [7, 11) is 0. The molecule has 0 bridgehead atoms. The number of hydrogen-bond donors (Lipinski definition) is 3. The normalized spacial score (nSPS) is 12.6. The maximum atomic E-state index is 9.65. The maximum Gasteiger partial charge on any atom is 0.123 e. The van der Waals surface area contributed by atoms with E-state index in [9.17, 15) is 10.2 Å². The zero-order valence-corrected chi connectivity index (χ0v) is 11.4. The Balaban J connectivity index is 2.27. The molecule has 1 aromatic rings. The molecule has 1 aromatic carbocycles. The van der Waals surface area contributed by atoms with Gasteiger partial charge in [0.05, 0.1) is 0 Å². The summed E-state index contributed by atoms with van der Waals surface area (Å²) in [6, 6.07) is 5.18. The van der Waals surface area contributed by atoms with Crippen molar-refractivity contribution in [3.63, 3.8) is 0 Å². The molecule has 0 aliphatic rings. The third-order valence-electron chi connectivity index (χ3n) is 3.20. The van der Waals surface area contributed by atoms with Gasteiger partial charge in [-0.2, -0.15) is 0 Å². The molecule has 3 N–H and O–H groups in total. The van der Waals surface area contributed by atoms with Crippen LogP contribution in [0.4, 0.5) is 0 Å². The largest absolute Gasteiger partial charge is 0.508 e. The van der Waals surface area contributed by atoms with Crippen molar-refractivity contribution in [1.29, 1.82) is 0 Å². The van der Waals surface area contributed by atoms with E-state index in [2.05, 4.69) is 19.2 Å². The summed E-state index contributed by atoms with van der Waals surface area (Å²) in [6.07, 6.45) is 6.30. The second-order valence-electron chi connectivity index (χ2n) is 4.94. The van der Waals surface area contributed by atoms with Gasteiger partial charge in [-0.05, 0) is 19.4 Å². The van der Waals surface area contributed by atoms with Crippen molar-refractivity contribution in [1.82, 2.24) is 5.32 Å². The molecule has 18 heavy (non-hydrogen) atoms. The van der Waals surface area contributed by atoms with Crippen LogP contribution >= 0.6 is 0 Å². The molecular formula is C15H25NO2. The van der Waals surface area contributed by atoms with Crippen LogP contribution in [-0.4, -0.2) is 16.3 Å². The summed E-state index contributed by atoms with van der Waals surface area (Å²) >= 11 is 0. The van der Waals surface area contributed by atoms with E-state index < -0.39 is 0 Å². The highest BCUT2D eigenvalue weighted by atomic mass is 16.3.